The second kappa shape index (κ2) is 8.19. The quantitative estimate of drug-likeness (QED) is 0.311. The number of halogens is 3. The molecule has 6 heteroatoms. The lowest BCUT2D eigenvalue weighted by Gasteiger charge is -1.97. The number of benzene rings is 3. The van der Waals surface area contributed by atoms with E-state index in [1.807, 2.05) is 54.6 Å². The third-order valence-electron chi connectivity index (χ3n) is 4.02. The van der Waals surface area contributed by atoms with E-state index in [2.05, 4.69) is 9.98 Å². The first-order valence-electron chi connectivity index (χ1n) is 8.41. The Morgan fingerprint density at radius 3 is 2.57 bits per heavy atom. The van der Waals surface area contributed by atoms with E-state index in [0.29, 0.717) is 32.1 Å². The van der Waals surface area contributed by atoms with E-state index in [9.17, 15) is 0 Å². The standard InChI is InChI=1S/C22H13Cl3N2O/c23-15-8-7-14(19(25)12-15)4-3-11-26-16-9-10-21-20(13-16)27-22(28-21)17-5-1-2-6-18(17)24/h1-13H. The van der Waals surface area contributed by atoms with Crippen molar-refractivity contribution in [2.75, 3.05) is 0 Å². The number of nitrogens with zero attached hydrogens (tertiary/aromatic N) is 2. The Labute approximate surface area is 176 Å². The number of hydrogen-bond donors (Lipinski definition) is 0. The molecule has 1 heterocycles. The van der Waals surface area contributed by atoms with Crippen molar-refractivity contribution in [3.8, 4) is 11.5 Å². The van der Waals surface area contributed by atoms with Gasteiger partial charge in [0.15, 0.2) is 5.58 Å². The summed E-state index contributed by atoms with van der Waals surface area (Å²) < 4.78 is 5.81. The monoisotopic (exact) mass is 426 g/mol. The van der Waals surface area contributed by atoms with Crippen molar-refractivity contribution in [2.45, 2.75) is 0 Å². The molecule has 0 saturated heterocycles. The molecule has 0 spiro atoms. The zero-order chi connectivity index (χ0) is 19.5. The average Bonchev–Trinajstić information content (AvgIpc) is 3.10. The summed E-state index contributed by atoms with van der Waals surface area (Å²) in [5, 5.41) is 1.79. The van der Waals surface area contributed by atoms with Crippen molar-refractivity contribution in [3.63, 3.8) is 0 Å². The van der Waals surface area contributed by atoms with Crippen LogP contribution in [0.25, 0.3) is 28.6 Å². The van der Waals surface area contributed by atoms with Gasteiger partial charge in [0.1, 0.15) is 5.52 Å². The van der Waals surface area contributed by atoms with E-state index >= 15 is 0 Å². The van der Waals surface area contributed by atoms with Crippen molar-refractivity contribution in [2.24, 2.45) is 4.99 Å². The van der Waals surface area contributed by atoms with Crippen LogP contribution in [0.1, 0.15) is 5.56 Å². The maximum Gasteiger partial charge on any atom is 0.228 e. The second-order valence-electron chi connectivity index (χ2n) is 5.95. The van der Waals surface area contributed by atoms with Crippen LogP contribution in [0.2, 0.25) is 15.1 Å². The van der Waals surface area contributed by atoms with Crippen molar-refractivity contribution in [3.05, 3.63) is 87.4 Å². The molecule has 3 nitrogen and oxygen atoms in total. The Morgan fingerprint density at radius 1 is 0.893 bits per heavy atom. The molecule has 0 aliphatic heterocycles. The fourth-order valence-corrected chi connectivity index (χ4v) is 3.35. The van der Waals surface area contributed by atoms with E-state index in [-0.39, 0.29) is 0 Å². The summed E-state index contributed by atoms with van der Waals surface area (Å²) in [6, 6.07) is 18.4. The van der Waals surface area contributed by atoms with Gasteiger partial charge in [0, 0.05) is 16.3 Å². The molecule has 0 aliphatic carbocycles. The fourth-order valence-electron chi connectivity index (χ4n) is 2.66. The summed E-state index contributed by atoms with van der Waals surface area (Å²) in [6.45, 7) is 0. The molecule has 0 fully saturated rings. The largest absolute Gasteiger partial charge is 0.436 e. The normalized spacial score (nSPS) is 11.8. The Bertz CT molecular complexity index is 1210. The van der Waals surface area contributed by atoms with Gasteiger partial charge in [-0.1, -0.05) is 59.1 Å². The maximum atomic E-state index is 6.22. The summed E-state index contributed by atoms with van der Waals surface area (Å²) in [5.41, 5.74) is 3.78. The molecule has 1 aromatic heterocycles. The van der Waals surface area contributed by atoms with Crippen LogP contribution in [0, 0.1) is 0 Å². The van der Waals surface area contributed by atoms with Crippen molar-refractivity contribution >= 4 is 63.9 Å². The number of allylic oxidation sites excluding steroid dienone is 1. The zero-order valence-electron chi connectivity index (χ0n) is 14.4. The molecule has 0 N–H and O–H groups in total. The van der Waals surface area contributed by atoms with Crippen molar-refractivity contribution < 1.29 is 4.42 Å². The molecule has 28 heavy (non-hydrogen) atoms. The Hall–Kier alpha value is -2.59. The number of aliphatic imine (C=N–C) groups is 1. The summed E-state index contributed by atoms with van der Waals surface area (Å²) >= 11 is 18.3. The first kappa shape index (κ1) is 18.8. The summed E-state index contributed by atoms with van der Waals surface area (Å²) in [5.74, 6) is 0.485. The van der Waals surface area contributed by atoms with Gasteiger partial charge in [-0.25, -0.2) is 4.98 Å². The van der Waals surface area contributed by atoms with Crippen LogP contribution in [-0.2, 0) is 0 Å². The van der Waals surface area contributed by atoms with E-state index in [1.54, 1.807) is 24.4 Å². The van der Waals surface area contributed by atoms with Crippen molar-refractivity contribution in [1.29, 1.82) is 0 Å². The van der Waals surface area contributed by atoms with Gasteiger partial charge >= 0.3 is 0 Å². The van der Waals surface area contributed by atoms with Gasteiger partial charge in [0.05, 0.1) is 16.3 Å². The molecular formula is C22H13Cl3N2O. The van der Waals surface area contributed by atoms with E-state index < -0.39 is 0 Å². The van der Waals surface area contributed by atoms with E-state index in [4.69, 9.17) is 39.2 Å². The van der Waals surface area contributed by atoms with Gasteiger partial charge in [-0.2, -0.15) is 0 Å². The lowest BCUT2D eigenvalue weighted by Crippen LogP contribution is -1.77. The topological polar surface area (TPSA) is 38.4 Å². The molecule has 0 amide bonds. The lowest BCUT2D eigenvalue weighted by molar-refractivity contribution is 0.620. The fraction of sp³-hybridized carbons (Fsp3) is 0. The smallest absolute Gasteiger partial charge is 0.228 e. The van der Waals surface area contributed by atoms with E-state index in [1.165, 1.54) is 0 Å². The minimum Gasteiger partial charge on any atom is -0.436 e. The third kappa shape index (κ3) is 4.12. The van der Waals surface area contributed by atoms with Crippen LogP contribution >= 0.6 is 34.8 Å². The highest BCUT2D eigenvalue weighted by atomic mass is 35.5. The first-order chi connectivity index (χ1) is 13.6. The molecule has 0 saturated carbocycles. The lowest BCUT2D eigenvalue weighted by atomic mass is 10.2. The Morgan fingerprint density at radius 2 is 1.75 bits per heavy atom. The molecule has 4 rings (SSSR count). The molecule has 0 bridgehead atoms. The van der Waals surface area contributed by atoms with Crippen molar-refractivity contribution in [1.82, 2.24) is 4.98 Å². The maximum absolute atomic E-state index is 6.22. The van der Waals surface area contributed by atoms with Gasteiger partial charge in [-0.15, -0.1) is 0 Å². The van der Waals surface area contributed by atoms with Crippen LogP contribution in [0.15, 0.2) is 76.1 Å². The summed E-state index contributed by atoms with van der Waals surface area (Å²) in [7, 11) is 0. The molecule has 0 aliphatic rings. The number of fused-ring (bicyclic) bond motifs is 1. The summed E-state index contributed by atoms with van der Waals surface area (Å²) in [6.07, 6.45) is 5.38. The van der Waals surface area contributed by atoms with Crippen LogP contribution < -0.4 is 0 Å². The minimum atomic E-state index is 0.485. The van der Waals surface area contributed by atoms with Gasteiger partial charge in [0.25, 0.3) is 0 Å². The average molecular weight is 428 g/mol. The number of rotatable bonds is 4. The van der Waals surface area contributed by atoms with Gasteiger partial charge in [-0.3, -0.25) is 4.99 Å². The SMILES string of the molecule is Clc1ccc(C=CC=Nc2ccc3oc(-c4ccccc4Cl)nc3c2)c(Cl)c1. The zero-order valence-corrected chi connectivity index (χ0v) is 16.7. The van der Waals surface area contributed by atoms with Crippen LogP contribution in [0.5, 0.6) is 0 Å². The molecule has 3 aromatic carbocycles. The predicted octanol–water partition coefficient (Wildman–Crippen LogP) is 7.87. The molecule has 0 radical (unpaired) electrons. The van der Waals surface area contributed by atoms with Gasteiger partial charge < -0.3 is 4.42 Å². The summed E-state index contributed by atoms with van der Waals surface area (Å²) in [4.78, 5) is 8.96. The predicted molar refractivity (Wildman–Crippen MR) is 118 cm³/mol. The van der Waals surface area contributed by atoms with Gasteiger partial charge in [-0.05, 0) is 54.1 Å². The molecule has 138 valence electrons. The molecular weight excluding hydrogens is 415 g/mol. The van der Waals surface area contributed by atoms with Crippen LogP contribution in [0.3, 0.4) is 0 Å². The first-order valence-corrected chi connectivity index (χ1v) is 9.55. The minimum absolute atomic E-state index is 0.485. The highest BCUT2D eigenvalue weighted by Gasteiger charge is 2.11. The molecule has 0 unspecified atom stereocenters. The highest BCUT2D eigenvalue weighted by molar-refractivity contribution is 6.35. The van der Waals surface area contributed by atoms with Crippen LogP contribution in [0.4, 0.5) is 5.69 Å². The Balaban J connectivity index is 1.55. The second-order valence-corrected chi connectivity index (χ2v) is 7.20. The Kier molecular flexibility index (Phi) is 5.49. The number of oxazole rings is 1. The number of aromatic nitrogens is 1. The molecule has 4 aromatic rings. The highest BCUT2D eigenvalue weighted by Crippen LogP contribution is 2.31. The molecule has 0 atom stereocenters. The number of hydrogen-bond acceptors (Lipinski definition) is 3. The third-order valence-corrected chi connectivity index (χ3v) is 4.92. The van der Waals surface area contributed by atoms with Gasteiger partial charge in [0.2, 0.25) is 5.89 Å². The van der Waals surface area contributed by atoms with E-state index in [0.717, 1.165) is 16.8 Å². The van der Waals surface area contributed by atoms with Crippen LogP contribution in [-0.4, -0.2) is 11.2 Å².